The molecule has 1 aromatic heterocycles. The first kappa shape index (κ1) is 12.6. The first-order valence-corrected chi connectivity index (χ1v) is 6.55. The highest BCUT2D eigenvalue weighted by Crippen LogP contribution is 2.18. The van der Waals surface area contributed by atoms with Crippen molar-refractivity contribution in [2.24, 2.45) is 0 Å². The monoisotopic (exact) mass is 245 g/mol. The van der Waals surface area contributed by atoms with Gasteiger partial charge in [-0.05, 0) is 19.6 Å². The zero-order valence-corrected chi connectivity index (χ0v) is 10.8. The van der Waals surface area contributed by atoms with Crippen LogP contribution in [0.3, 0.4) is 0 Å². The molecule has 3 nitrogen and oxygen atoms in total. The van der Waals surface area contributed by atoms with Crippen LogP contribution in [0.2, 0.25) is 5.15 Å². The van der Waals surface area contributed by atoms with Gasteiger partial charge in [0.1, 0.15) is 17.3 Å². The summed E-state index contributed by atoms with van der Waals surface area (Å²) in [7, 11) is 0. The van der Waals surface area contributed by atoms with E-state index in [4.69, 9.17) is 11.6 Å². The van der Waals surface area contributed by atoms with Crippen molar-refractivity contribution in [1.82, 2.24) is 9.97 Å². The molecule has 1 N–H and O–H groups in total. The van der Waals surface area contributed by atoms with Crippen LogP contribution in [-0.4, -0.2) is 28.0 Å². The molecular formula is C10H16ClN3S. The molecule has 0 bridgehead atoms. The minimum Gasteiger partial charge on any atom is -0.370 e. The summed E-state index contributed by atoms with van der Waals surface area (Å²) in [6.07, 6.45) is 4.72. The van der Waals surface area contributed by atoms with Crippen LogP contribution in [0.25, 0.3) is 0 Å². The van der Waals surface area contributed by atoms with E-state index in [9.17, 15) is 0 Å². The average Bonchev–Trinajstić information content (AvgIpc) is 2.24. The second kappa shape index (κ2) is 6.18. The van der Waals surface area contributed by atoms with Crippen molar-refractivity contribution in [2.45, 2.75) is 25.5 Å². The average molecular weight is 246 g/mol. The fourth-order valence-electron chi connectivity index (χ4n) is 1.12. The van der Waals surface area contributed by atoms with E-state index in [1.54, 1.807) is 0 Å². The van der Waals surface area contributed by atoms with Crippen LogP contribution in [0.1, 0.15) is 18.9 Å². The van der Waals surface area contributed by atoms with E-state index in [2.05, 4.69) is 28.5 Å². The maximum Gasteiger partial charge on any atom is 0.137 e. The van der Waals surface area contributed by atoms with Gasteiger partial charge in [0.2, 0.25) is 0 Å². The zero-order valence-electron chi connectivity index (χ0n) is 9.25. The van der Waals surface area contributed by atoms with Gasteiger partial charge >= 0.3 is 0 Å². The summed E-state index contributed by atoms with van der Waals surface area (Å²) in [6.45, 7) is 5.05. The van der Waals surface area contributed by atoms with E-state index in [1.165, 1.54) is 6.33 Å². The largest absolute Gasteiger partial charge is 0.370 e. The Bertz CT molecular complexity index is 320. The zero-order chi connectivity index (χ0) is 11.3. The van der Waals surface area contributed by atoms with Crippen molar-refractivity contribution in [3.05, 3.63) is 17.0 Å². The van der Waals surface area contributed by atoms with E-state index < -0.39 is 0 Å². The second-order valence-corrected chi connectivity index (χ2v) is 5.03. The third-order valence-electron chi connectivity index (χ3n) is 2.27. The highest BCUT2D eigenvalue weighted by molar-refractivity contribution is 7.99. The molecule has 0 fully saturated rings. The lowest BCUT2D eigenvalue weighted by Crippen LogP contribution is -2.10. The fourth-order valence-corrected chi connectivity index (χ4v) is 1.61. The number of nitrogens with one attached hydrogen (secondary N) is 1. The van der Waals surface area contributed by atoms with Crippen molar-refractivity contribution in [3.8, 4) is 0 Å². The molecule has 0 amide bonds. The smallest absolute Gasteiger partial charge is 0.137 e. The molecule has 0 saturated carbocycles. The summed E-state index contributed by atoms with van der Waals surface area (Å²) in [5, 5.41) is 4.45. The molecule has 1 rings (SSSR count). The van der Waals surface area contributed by atoms with E-state index in [0.717, 1.165) is 24.3 Å². The van der Waals surface area contributed by atoms with E-state index in [0.29, 0.717) is 10.4 Å². The SMILES string of the molecule is CSC(C)CCNc1ncnc(Cl)c1C. The van der Waals surface area contributed by atoms with Gasteiger partial charge in [-0.2, -0.15) is 11.8 Å². The van der Waals surface area contributed by atoms with Crippen LogP contribution < -0.4 is 5.32 Å². The van der Waals surface area contributed by atoms with Crippen LogP contribution in [0, 0.1) is 6.92 Å². The number of aromatic nitrogens is 2. The Morgan fingerprint density at radius 3 is 2.93 bits per heavy atom. The van der Waals surface area contributed by atoms with Crippen molar-refractivity contribution in [2.75, 3.05) is 18.1 Å². The second-order valence-electron chi connectivity index (χ2n) is 3.40. The predicted octanol–water partition coefficient (Wildman–Crippen LogP) is 2.99. The Morgan fingerprint density at radius 1 is 1.53 bits per heavy atom. The number of thioether (sulfide) groups is 1. The Labute approximate surface area is 100 Å². The summed E-state index contributed by atoms with van der Waals surface area (Å²) < 4.78 is 0. The highest BCUT2D eigenvalue weighted by atomic mass is 35.5. The van der Waals surface area contributed by atoms with Crippen molar-refractivity contribution in [3.63, 3.8) is 0 Å². The molecule has 0 aliphatic rings. The molecule has 0 spiro atoms. The molecular weight excluding hydrogens is 230 g/mol. The molecule has 1 heterocycles. The van der Waals surface area contributed by atoms with Crippen LogP contribution in [-0.2, 0) is 0 Å². The third kappa shape index (κ3) is 3.87. The highest BCUT2D eigenvalue weighted by Gasteiger charge is 2.04. The van der Waals surface area contributed by atoms with Gasteiger partial charge in [0.05, 0.1) is 0 Å². The van der Waals surface area contributed by atoms with Gasteiger partial charge in [-0.15, -0.1) is 0 Å². The molecule has 0 aromatic carbocycles. The predicted molar refractivity (Wildman–Crippen MR) is 67.9 cm³/mol. The van der Waals surface area contributed by atoms with Crippen LogP contribution >= 0.6 is 23.4 Å². The summed E-state index contributed by atoms with van der Waals surface area (Å²) in [4.78, 5) is 8.06. The lowest BCUT2D eigenvalue weighted by Gasteiger charge is -2.11. The number of hydrogen-bond acceptors (Lipinski definition) is 4. The van der Waals surface area contributed by atoms with Crippen molar-refractivity contribution in [1.29, 1.82) is 0 Å². The summed E-state index contributed by atoms with van der Waals surface area (Å²) >= 11 is 7.76. The van der Waals surface area contributed by atoms with E-state index in [1.807, 2.05) is 18.7 Å². The molecule has 0 saturated heterocycles. The fraction of sp³-hybridized carbons (Fsp3) is 0.600. The first-order valence-electron chi connectivity index (χ1n) is 4.89. The standard InChI is InChI=1S/C10H16ClN3S/c1-7(15-3)4-5-12-10-8(2)9(11)13-6-14-10/h6-7H,4-5H2,1-3H3,(H,12,13,14). The van der Waals surface area contributed by atoms with Gasteiger partial charge in [0, 0.05) is 17.4 Å². The van der Waals surface area contributed by atoms with E-state index >= 15 is 0 Å². The number of nitrogens with zero attached hydrogens (tertiary/aromatic N) is 2. The molecule has 0 aliphatic carbocycles. The number of hydrogen-bond donors (Lipinski definition) is 1. The van der Waals surface area contributed by atoms with Crippen molar-refractivity contribution < 1.29 is 0 Å². The first-order chi connectivity index (χ1) is 7.15. The molecule has 5 heteroatoms. The van der Waals surface area contributed by atoms with E-state index in [-0.39, 0.29) is 0 Å². The summed E-state index contributed by atoms with van der Waals surface area (Å²) in [5.41, 5.74) is 0.913. The van der Waals surface area contributed by atoms with Gasteiger partial charge < -0.3 is 5.32 Å². The van der Waals surface area contributed by atoms with Gasteiger partial charge in [-0.25, -0.2) is 9.97 Å². The van der Waals surface area contributed by atoms with Crippen LogP contribution in [0.15, 0.2) is 6.33 Å². The topological polar surface area (TPSA) is 37.8 Å². The quantitative estimate of drug-likeness (QED) is 0.810. The summed E-state index contributed by atoms with van der Waals surface area (Å²) in [5.74, 6) is 0.836. The molecule has 1 unspecified atom stereocenters. The Balaban J connectivity index is 2.47. The Morgan fingerprint density at radius 2 is 2.27 bits per heavy atom. The number of anilines is 1. The van der Waals surface area contributed by atoms with Crippen LogP contribution in [0.5, 0.6) is 0 Å². The summed E-state index contributed by atoms with van der Waals surface area (Å²) in [6, 6.07) is 0. The van der Waals surface area contributed by atoms with Gasteiger partial charge in [-0.3, -0.25) is 0 Å². The van der Waals surface area contributed by atoms with Gasteiger partial charge in [0.15, 0.2) is 0 Å². The van der Waals surface area contributed by atoms with Crippen molar-refractivity contribution >= 4 is 29.2 Å². The Kier molecular flexibility index (Phi) is 5.19. The lowest BCUT2D eigenvalue weighted by atomic mass is 10.3. The molecule has 0 aliphatic heterocycles. The Hall–Kier alpha value is -0.480. The minimum atomic E-state index is 0.519. The maximum absolute atomic E-state index is 5.89. The molecule has 15 heavy (non-hydrogen) atoms. The molecule has 1 atom stereocenters. The molecule has 84 valence electrons. The minimum absolute atomic E-state index is 0.519. The number of rotatable bonds is 5. The number of halogens is 1. The third-order valence-corrected chi connectivity index (χ3v) is 3.69. The molecule has 1 aromatic rings. The van der Waals surface area contributed by atoms with Gasteiger partial charge in [0.25, 0.3) is 0 Å². The lowest BCUT2D eigenvalue weighted by molar-refractivity contribution is 0.847. The maximum atomic E-state index is 5.89. The molecule has 0 radical (unpaired) electrons. The van der Waals surface area contributed by atoms with Crippen LogP contribution in [0.4, 0.5) is 5.82 Å². The van der Waals surface area contributed by atoms with Gasteiger partial charge in [-0.1, -0.05) is 18.5 Å². The normalized spacial score (nSPS) is 12.5.